The molecule has 0 spiro atoms. The number of ether oxygens (including phenoxy) is 3. The fraction of sp³-hybridized carbons (Fsp3) is 0.810. The van der Waals surface area contributed by atoms with Gasteiger partial charge in [-0.25, -0.2) is 0 Å². The zero-order valence-corrected chi connectivity index (χ0v) is 42.6. The highest BCUT2D eigenvalue weighted by atomic mass is 16.6. The monoisotopic (exact) mass is 897 g/mol. The van der Waals surface area contributed by atoms with E-state index in [9.17, 15) is 14.4 Å². The molecule has 0 rings (SSSR count). The van der Waals surface area contributed by atoms with Gasteiger partial charge in [0.05, 0.1) is 0 Å². The number of hydrogen-bond donors (Lipinski definition) is 0. The van der Waals surface area contributed by atoms with E-state index in [0.717, 1.165) is 83.5 Å². The van der Waals surface area contributed by atoms with Crippen LogP contribution in [0.4, 0.5) is 0 Å². The van der Waals surface area contributed by atoms with Gasteiger partial charge in [-0.1, -0.05) is 236 Å². The van der Waals surface area contributed by atoms with Crippen molar-refractivity contribution in [2.24, 2.45) is 0 Å². The Bertz CT molecular complexity index is 1120. The summed E-state index contributed by atoms with van der Waals surface area (Å²) in [7, 11) is 0. The molecule has 0 aromatic carbocycles. The molecule has 64 heavy (non-hydrogen) atoms. The minimum Gasteiger partial charge on any atom is -0.462 e. The van der Waals surface area contributed by atoms with Crippen LogP contribution in [0.25, 0.3) is 0 Å². The van der Waals surface area contributed by atoms with Crippen LogP contribution in [0.2, 0.25) is 0 Å². The molecule has 0 N–H and O–H groups in total. The Labute approximate surface area is 397 Å². The Morgan fingerprint density at radius 2 is 0.609 bits per heavy atom. The van der Waals surface area contributed by atoms with Gasteiger partial charge in [-0.3, -0.25) is 14.4 Å². The van der Waals surface area contributed by atoms with E-state index in [-0.39, 0.29) is 31.1 Å². The maximum atomic E-state index is 12.7. The summed E-state index contributed by atoms with van der Waals surface area (Å²) in [6, 6.07) is 0. The minimum absolute atomic E-state index is 0.0828. The van der Waals surface area contributed by atoms with Crippen LogP contribution in [0.5, 0.6) is 0 Å². The van der Waals surface area contributed by atoms with Crippen molar-refractivity contribution in [3.8, 4) is 0 Å². The number of rotatable bonds is 50. The van der Waals surface area contributed by atoms with Crippen LogP contribution in [0.15, 0.2) is 48.6 Å². The molecular weight excluding hydrogens is 793 g/mol. The molecule has 0 aliphatic rings. The molecule has 6 nitrogen and oxygen atoms in total. The van der Waals surface area contributed by atoms with Crippen LogP contribution in [-0.4, -0.2) is 37.2 Å². The summed E-state index contributed by atoms with van der Waals surface area (Å²) in [6.07, 6.45) is 64.2. The molecule has 0 amide bonds. The summed E-state index contributed by atoms with van der Waals surface area (Å²) in [4.78, 5) is 37.9. The standard InChI is InChI=1S/C58H104O6/c1-4-7-10-13-16-19-21-23-24-25-26-27-28-29-30-31-32-33-34-36-37-39-42-45-48-51-57(60)63-54-55(53-62-56(59)50-47-44-41-18-15-12-9-6-3)64-58(61)52-49-46-43-40-38-35-22-20-17-14-11-8-5-2/h8,11,17,20,25-26,35,38,55H,4-7,9-10,12-16,18-19,21-24,27-34,36-37,39-54H2,1-3H3/b11-8-,20-17-,26-25-,38-35-. The second-order valence-corrected chi connectivity index (χ2v) is 18.5. The fourth-order valence-electron chi connectivity index (χ4n) is 7.92. The fourth-order valence-corrected chi connectivity index (χ4v) is 7.92. The van der Waals surface area contributed by atoms with Crippen LogP contribution >= 0.6 is 0 Å². The van der Waals surface area contributed by atoms with E-state index in [2.05, 4.69) is 69.4 Å². The van der Waals surface area contributed by atoms with E-state index >= 15 is 0 Å². The third-order valence-electron chi connectivity index (χ3n) is 12.1. The second-order valence-electron chi connectivity index (χ2n) is 18.5. The Kier molecular flexibility index (Phi) is 50.8. The van der Waals surface area contributed by atoms with Crippen LogP contribution in [0, 0.1) is 0 Å². The van der Waals surface area contributed by atoms with E-state index in [0.29, 0.717) is 19.3 Å². The number of hydrogen-bond acceptors (Lipinski definition) is 6. The van der Waals surface area contributed by atoms with Gasteiger partial charge in [0.2, 0.25) is 0 Å². The van der Waals surface area contributed by atoms with Crippen molar-refractivity contribution >= 4 is 17.9 Å². The summed E-state index contributed by atoms with van der Waals surface area (Å²) >= 11 is 0. The first-order valence-corrected chi connectivity index (χ1v) is 27.6. The first-order chi connectivity index (χ1) is 31.5. The van der Waals surface area contributed by atoms with E-state index < -0.39 is 6.10 Å². The SMILES string of the molecule is CC/C=C\C/C=C\C/C=C\CCCCCC(=O)OC(COC(=O)CCCCCCCCCC)COC(=O)CCCCCCCCCCCCCCC/C=C\CCCCCCCCCC. The van der Waals surface area contributed by atoms with Crippen molar-refractivity contribution in [3.63, 3.8) is 0 Å². The van der Waals surface area contributed by atoms with Gasteiger partial charge in [-0.2, -0.15) is 0 Å². The largest absolute Gasteiger partial charge is 0.462 e. The molecule has 0 aliphatic heterocycles. The van der Waals surface area contributed by atoms with E-state index in [4.69, 9.17) is 14.2 Å². The lowest BCUT2D eigenvalue weighted by atomic mass is 10.0. The third kappa shape index (κ3) is 50.4. The molecule has 0 radical (unpaired) electrons. The molecule has 6 heteroatoms. The van der Waals surface area contributed by atoms with Gasteiger partial charge >= 0.3 is 17.9 Å². The highest BCUT2D eigenvalue weighted by molar-refractivity contribution is 5.71. The lowest BCUT2D eigenvalue weighted by molar-refractivity contribution is -0.167. The first-order valence-electron chi connectivity index (χ1n) is 27.6. The van der Waals surface area contributed by atoms with Crippen LogP contribution < -0.4 is 0 Å². The number of allylic oxidation sites excluding steroid dienone is 8. The molecule has 0 heterocycles. The normalized spacial score (nSPS) is 12.4. The van der Waals surface area contributed by atoms with E-state index in [1.165, 1.54) is 161 Å². The Morgan fingerprint density at radius 1 is 0.328 bits per heavy atom. The maximum absolute atomic E-state index is 12.7. The van der Waals surface area contributed by atoms with Gasteiger partial charge in [-0.15, -0.1) is 0 Å². The molecule has 0 bridgehead atoms. The lowest BCUT2D eigenvalue weighted by Gasteiger charge is -2.18. The molecule has 0 aromatic heterocycles. The Balaban J connectivity index is 4.15. The molecule has 372 valence electrons. The van der Waals surface area contributed by atoms with Crippen molar-refractivity contribution in [2.45, 2.75) is 290 Å². The zero-order valence-electron chi connectivity index (χ0n) is 42.6. The second kappa shape index (κ2) is 53.0. The van der Waals surface area contributed by atoms with Gasteiger partial charge in [0.25, 0.3) is 0 Å². The average molecular weight is 897 g/mol. The van der Waals surface area contributed by atoms with Crippen LogP contribution in [-0.2, 0) is 28.6 Å². The summed E-state index contributed by atoms with van der Waals surface area (Å²) in [5.41, 5.74) is 0. The summed E-state index contributed by atoms with van der Waals surface area (Å²) < 4.78 is 16.7. The van der Waals surface area contributed by atoms with Gasteiger partial charge in [0.1, 0.15) is 13.2 Å². The van der Waals surface area contributed by atoms with Crippen molar-refractivity contribution < 1.29 is 28.6 Å². The number of carbonyl (C=O) groups is 3. The topological polar surface area (TPSA) is 78.9 Å². The van der Waals surface area contributed by atoms with Gasteiger partial charge in [-0.05, 0) is 77.0 Å². The Morgan fingerprint density at radius 3 is 0.984 bits per heavy atom. The molecule has 1 unspecified atom stereocenters. The number of esters is 3. The highest BCUT2D eigenvalue weighted by Gasteiger charge is 2.19. The van der Waals surface area contributed by atoms with Gasteiger partial charge in [0, 0.05) is 19.3 Å². The van der Waals surface area contributed by atoms with E-state index in [1.807, 2.05) is 0 Å². The van der Waals surface area contributed by atoms with Crippen LogP contribution in [0.3, 0.4) is 0 Å². The zero-order chi connectivity index (χ0) is 46.5. The predicted octanol–water partition coefficient (Wildman–Crippen LogP) is 18.3. The molecule has 0 saturated heterocycles. The van der Waals surface area contributed by atoms with Crippen molar-refractivity contribution in [3.05, 3.63) is 48.6 Å². The van der Waals surface area contributed by atoms with Crippen LogP contribution in [0.1, 0.15) is 284 Å². The average Bonchev–Trinajstić information content (AvgIpc) is 3.29. The smallest absolute Gasteiger partial charge is 0.306 e. The molecule has 0 aromatic rings. The lowest BCUT2D eigenvalue weighted by Crippen LogP contribution is -2.30. The Hall–Kier alpha value is -2.63. The molecule has 0 fully saturated rings. The molecule has 1 atom stereocenters. The van der Waals surface area contributed by atoms with Crippen molar-refractivity contribution in [2.75, 3.05) is 13.2 Å². The number of unbranched alkanes of at least 4 members (excludes halogenated alkanes) is 31. The summed E-state index contributed by atoms with van der Waals surface area (Å²) in [6.45, 7) is 6.49. The quantitative estimate of drug-likeness (QED) is 0.0262. The summed E-state index contributed by atoms with van der Waals surface area (Å²) in [5, 5.41) is 0. The third-order valence-corrected chi connectivity index (χ3v) is 12.1. The van der Waals surface area contributed by atoms with Gasteiger partial charge in [0.15, 0.2) is 6.10 Å². The highest BCUT2D eigenvalue weighted by Crippen LogP contribution is 2.16. The number of carbonyl (C=O) groups excluding carboxylic acids is 3. The van der Waals surface area contributed by atoms with Crippen molar-refractivity contribution in [1.82, 2.24) is 0 Å². The first kappa shape index (κ1) is 61.4. The predicted molar refractivity (Wildman–Crippen MR) is 275 cm³/mol. The summed E-state index contributed by atoms with van der Waals surface area (Å²) in [5.74, 6) is -0.909. The van der Waals surface area contributed by atoms with E-state index in [1.54, 1.807) is 0 Å². The minimum atomic E-state index is -0.783. The molecule has 0 saturated carbocycles. The molecular formula is C58H104O6. The van der Waals surface area contributed by atoms with Gasteiger partial charge < -0.3 is 14.2 Å². The molecule has 0 aliphatic carbocycles. The van der Waals surface area contributed by atoms with Crippen molar-refractivity contribution in [1.29, 1.82) is 0 Å². The maximum Gasteiger partial charge on any atom is 0.306 e.